The van der Waals surface area contributed by atoms with Crippen molar-refractivity contribution in [3.63, 3.8) is 0 Å². The maximum absolute atomic E-state index is 12.1. The third kappa shape index (κ3) is 4.97. The Balaban J connectivity index is 2.04. The van der Waals surface area contributed by atoms with Crippen LogP contribution < -0.4 is 5.32 Å². The molecule has 0 atom stereocenters. The largest absolute Gasteiger partial charge is 0.324 e. The van der Waals surface area contributed by atoms with Crippen LogP contribution >= 0.6 is 11.6 Å². The van der Waals surface area contributed by atoms with Gasteiger partial charge in [-0.3, -0.25) is 9.69 Å². The molecule has 2 rings (SSSR count). The highest BCUT2D eigenvalue weighted by Gasteiger charge is 2.15. The lowest BCUT2D eigenvalue weighted by molar-refractivity contribution is -0.117. The number of anilines is 1. The molecule has 122 valence electrons. The van der Waals surface area contributed by atoms with Crippen molar-refractivity contribution in [2.24, 2.45) is 0 Å². The summed E-state index contributed by atoms with van der Waals surface area (Å²) >= 11 is 6.04. The van der Waals surface area contributed by atoms with Crippen molar-refractivity contribution in [3.8, 4) is 0 Å². The Morgan fingerprint density at radius 2 is 1.86 bits per heavy atom. The lowest BCUT2D eigenvalue weighted by Crippen LogP contribution is -2.34. The van der Waals surface area contributed by atoms with E-state index < -0.39 is 9.84 Å². The Kier molecular flexibility index (Phi) is 5.83. The molecule has 0 aliphatic carbocycles. The number of sulfone groups is 1. The van der Waals surface area contributed by atoms with Crippen LogP contribution in [-0.4, -0.2) is 45.1 Å². The summed E-state index contributed by atoms with van der Waals surface area (Å²) < 4.78 is 23.1. The first kappa shape index (κ1) is 17.2. The van der Waals surface area contributed by atoms with Crippen LogP contribution in [0, 0.1) is 0 Å². The molecule has 1 aromatic carbocycles. The molecule has 0 radical (unpaired) electrons. The lowest BCUT2D eigenvalue weighted by Gasteiger charge is -2.19. The quantitative estimate of drug-likeness (QED) is 0.911. The Morgan fingerprint density at radius 3 is 2.45 bits per heavy atom. The first-order chi connectivity index (χ1) is 10.4. The number of rotatable bonds is 4. The first-order valence-corrected chi connectivity index (χ1v) is 9.65. The van der Waals surface area contributed by atoms with Gasteiger partial charge >= 0.3 is 0 Å². The van der Waals surface area contributed by atoms with Crippen molar-refractivity contribution >= 4 is 33.0 Å². The van der Waals surface area contributed by atoms with Crippen LogP contribution in [-0.2, 0) is 14.6 Å². The molecule has 0 bridgehead atoms. The molecule has 0 spiro atoms. The van der Waals surface area contributed by atoms with Crippen LogP contribution in [0.2, 0.25) is 5.02 Å². The van der Waals surface area contributed by atoms with Crippen LogP contribution in [0.1, 0.15) is 25.7 Å². The van der Waals surface area contributed by atoms with Crippen molar-refractivity contribution in [2.45, 2.75) is 30.6 Å². The van der Waals surface area contributed by atoms with Crippen LogP contribution in [0.3, 0.4) is 0 Å². The van der Waals surface area contributed by atoms with Crippen LogP contribution in [0.15, 0.2) is 23.1 Å². The SMILES string of the molecule is CS(=O)(=O)c1ccc(Cl)c(NC(=O)CN2CCCCCC2)c1. The van der Waals surface area contributed by atoms with Crippen molar-refractivity contribution in [2.75, 3.05) is 31.2 Å². The van der Waals surface area contributed by atoms with E-state index >= 15 is 0 Å². The van der Waals surface area contributed by atoms with E-state index in [0.717, 1.165) is 32.2 Å². The summed E-state index contributed by atoms with van der Waals surface area (Å²) in [5, 5.41) is 3.04. The normalized spacial score (nSPS) is 17.0. The third-order valence-corrected chi connectivity index (χ3v) is 5.15. The fourth-order valence-corrected chi connectivity index (χ4v) is 3.33. The number of halogens is 1. The molecule has 1 saturated heterocycles. The number of benzene rings is 1. The van der Waals surface area contributed by atoms with Gasteiger partial charge in [0.05, 0.1) is 22.2 Å². The Hall–Kier alpha value is -1.11. The van der Waals surface area contributed by atoms with E-state index in [1.54, 1.807) is 0 Å². The van der Waals surface area contributed by atoms with Gasteiger partial charge in [-0.05, 0) is 44.1 Å². The molecular formula is C15H21ClN2O3S. The number of carbonyl (C=O) groups is 1. The molecule has 0 aromatic heterocycles. The summed E-state index contributed by atoms with van der Waals surface area (Å²) in [6, 6.07) is 4.32. The molecule has 22 heavy (non-hydrogen) atoms. The zero-order valence-corrected chi connectivity index (χ0v) is 14.2. The second-order valence-corrected chi connectivity index (χ2v) is 8.08. The van der Waals surface area contributed by atoms with Gasteiger partial charge in [0.15, 0.2) is 9.84 Å². The molecule has 5 nitrogen and oxygen atoms in total. The summed E-state index contributed by atoms with van der Waals surface area (Å²) in [6.45, 7) is 2.15. The monoisotopic (exact) mass is 344 g/mol. The average molecular weight is 345 g/mol. The van der Waals surface area contributed by atoms with E-state index in [0.29, 0.717) is 17.3 Å². The van der Waals surface area contributed by atoms with Gasteiger partial charge < -0.3 is 5.32 Å². The van der Waals surface area contributed by atoms with Crippen LogP contribution in [0.4, 0.5) is 5.69 Å². The lowest BCUT2D eigenvalue weighted by atomic mass is 10.2. The zero-order chi connectivity index (χ0) is 16.2. The number of likely N-dealkylation sites (tertiary alicyclic amines) is 1. The molecule has 1 fully saturated rings. The van der Waals surface area contributed by atoms with E-state index in [9.17, 15) is 13.2 Å². The van der Waals surface area contributed by atoms with Gasteiger partial charge in [0.25, 0.3) is 0 Å². The number of hydrogen-bond acceptors (Lipinski definition) is 4. The summed E-state index contributed by atoms with van der Waals surface area (Å²) in [4.78, 5) is 14.4. The number of nitrogens with one attached hydrogen (secondary N) is 1. The minimum Gasteiger partial charge on any atom is -0.324 e. The number of carbonyl (C=O) groups excluding carboxylic acids is 1. The minimum absolute atomic E-state index is 0.141. The Labute approximate surface area is 136 Å². The maximum Gasteiger partial charge on any atom is 0.238 e. The second kappa shape index (κ2) is 7.44. The van der Waals surface area contributed by atoms with Gasteiger partial charge in [0.1, 0.15) is 0 Å². The van der Waals surface area contributed by atoms with Crippen molar-refractivity contribution in [1.82, 2.24) is 4.90 Å². The molecule has 1 N–H and O–H groups in total. The predicted molar refractivity (Wildman–Crippen MR) is 88.1 cm³/mol. The summed E-state index contributed by atoms with van der Waals surface area (Å²) in [5.41, 5.74) is 0.337. The van der Waals surface area contributed by atoms with Crippen molar-refractivity contribution < 1.29 is 13.2 Å². The first-order valence-electron chi connectivity index (χ1n) is 7.38. The van der Waals surface area contributed by atoms with Gasteiger partial charge in [0, 0.05) is 6.26 Å². The summed E-state index contributed by atoms with van der Waals surface area (Å²) in [7, 11) is -3.33. The van der Waals surface area contributed by atoms with E-state index in [2.05, 4.69) is 10.2 Å². The Bertz CT molecular complexity index is 638. The predicted octanol–water partition coefficient (Wildman–Crippen LogP) is 2.56. The molecule has 1 aliphatic rings. The summed E-state index contributed by atoms with van der Waals surface area (Å²) in [5.74, 6) is -0.172. The number of nitrogens with zero attached hydrogens (tertiary/aromatic N) is 1. The van der Waals surface area contributed by atoms with Gasteiger partial charge in [-0.2, -0.15) is 0 Å². The van der Waals surface area contributed by atoms with Gasteiger partial charge in [-0.25, -0.2) is 8.42 Å². The fraction of sp³-hybridized carbons (Fsp3) is 0.533. The van der Waals surface area contributed by atoms with Gasteiger partial charge in [-0.1, -0.05) is 24.4 Å². The zero-order valence-electron chi connectivity index (χ0n) is 12.6. The fourth-order valence-electron chi connectivity index (χ4n) is 2.52. The number of hydrogen-bond donors (Lipinski definition) is 1. The van der Waals surface area contributed by atoms with Crippen LogP contribution in [0.25, 0.3) is 0 Å². The maximum atomic E-state index is 12.1. The van der Waals surface area contributed by atoms with E-state index in [-0.39, 0.29) is 10.8 Å². The van der Waals surface area contributed by atoms with Crippen LogP contribution in [0.5, 0.6) is 0 Å². The second-order valence-electron chi connectivity index (χ2n) is 5.65. The molecule has 1 amide bonds. The third-order valence-electron chi connectivity index (χ3n) is 3.71. The molecule has 1 aliphatic heterocycles. The smallest absolute Gasteiger partial charge is 0.238 e. The number of amides is 1. The van der Waals surface area contributed by atoms with Crippen molar-refractivity contribution in [3.05, 3.63) is 23.2 Å². The highest BCUT2D eigenvalue weighted by Crippen LogP contribution is 2.25. The molecular weight excluding hydrogens is 324 g/mol. The highest BCUT2D eigenvalue weighted by atomic mass is 35.5. The molecule has 1 heterocycles. The molecule has 1 aromatic rings. The van der Waals surface area contributed by atoms with Gasteiger partial charge in [0.2, 0.25) is 5.91 Å². The highest BCUT2D eigenvalue weighted by molar-refractivity contribution is 7.90. The Morgan fingerprint density at radius 1 is 1.23 bits per heavy atom. The van der Waals surface area contributed by atoms with Gasteiger partial charge in [-0.15, -0.1) is 0 Å². The molecule has 0 saturated carbocycles. The standard InChI is InChI=1S/C15H21ClN2O3S/c1-22(20,21)12-6-7-13(16)14(10-12)17-15(19)11-18-8-4-2-3-5-9-18/h6-7,10H,2-5,8-9,11H2,1H3,(H,17,19). The van der Waals surface area contributed by atoms with E-state index in [1.165, 1.54) is 31.0 Å². The minimum atomic E-state index is -3.33. The molecule has 0 unspecified atom stereocenters. The van der Waals surface area contributed by atoms with Crippen molar-refractivity contribution in [1.29, 1.82) is 0 Å². The topological polar surface area (TPSA) is 66.5 Å². The van der Waals surface area contributed by atoms with E-state index in [1.807, 2.05) is 0 Å². The van der Waals surface area contributed by atoms with E-state index in [4.69, 9.17) is 11.6 Å². The summed E-state index contributed by atoms with van der Waals surface area (Å²) in [6.07, 6.45) is 5.76. The average Bonchev–Trinajstić information content (AvgIpc) is 2.68. The molecule has 7 heteroatoms.